The summed E-state index contributed by atoms with van der Waals surface area (Å²) in [4.78, 5) is 38.0. The van der Waals surface area contributed by atoms with Crippen LogP contribution in [0.2, 0.25) is 0 Å². The molecule has 1 atom stereocenters. The first-order valence-electron chi connectivity index (χ1n) is 7.21. The topological polar surface area (TPSA) is 93.2 Å². The number of fused-ring (bicyclic) bond motifs is 1. The molecule has 2 aromatic rings. The Morgan fingerprint density at radius 2 is 2.18 bits per heavy atom. The van der Waals surface area contributed by atoms with E-state index >= 15 is 0 Å². The van der Waals surface area contributed by atoms with Gasteiger partial charge < -0.3 is 10.1 Å². The van der Waals surface area contributed by atoms with Crippen molar-refractivity contribution < 1.29 is 9.53 Å². The van der Waals surface area contributed by atoms with E-state index in [0.717, 1.165) is 13.0 Å². The average molecular weight is 303 g/mol. The molecule has 2 heterocycles. The molecule has 1 aliphatic rings. The fraction of sp³-hybridized carbons (Fsp3) is 0.400. The lowest BCUT2D eigenvalue weighted by atomic mass is 10.1. The summed E-state index contributed by atoms with van der Waals surface area (Å²) in [5.74, 6) is 0.0687. The van der Waals surface area contributed by atoms with Crippen molar-refractivity contribution in [2.75, 3.05) is 19.8 Å². The van der Waals surface area contributed by atoms with Crippen molar-refractivity contribution in [1.82, 2.24) is 14.9 Å². The van der Waals surface area contributed by atoms with Gasteiger partial charge in [-0.25, -0.2) is 4.79 Å². The van der Waals surface area contributed by atoms with Crippen molar-refractivity contribution in [1.29, 1.82) is 0 Å². The first-order valence-corrected chi connectivity index (χ1v) is 7.21. The number of ether oxygens (including phenoxy) is 1. The van der Waals surface area contributed by atoms with Gasteiger partial charge in [-0.05, 0) is 18.6 Å². The Bertz CT molecular complexity index is 802. The van der Waals surface area contributed by atoms with Gasteiger partial charge in [0.25, 0.3) is 5.56 Å². The number of amides is 1. The highest BCUT2D eigenvalue weighted by molar-refractivity contribution is 5.81. The lowest BCUT2D eigenvalue weighted by Crippen LogP contribution is -2.38. The standard InChI is InChI=1S/C15H17N3O4/c19-13(16-7-10-5-6-22-9-10)8-18-12-4-2-1-3-11(12)14(20)17-15(18)21/h1-4,10H,5-9H2,(H,16,19)(H,17,20,21). The van der Waals surface area contributed by atoms with Gasteiger partial charge in [0.1, 0.15) is 6.54 Å². The maximum atomic E-state index is 12.0. The monoisotopic (exact) mass is 303 g/mol. The Labute approximate surface area is 125 Å². The van der Waals surface area contributed by atoms with Crippen LogP contribution in [0.1, 0.15) is 6.42 Å². The van der Waals surface area contributed by atoms with Gasteiger partial charge >= 0.3 is 5.69 Å². The van der Waals surface area contributed by atoms with Crippen LogP contribution in [-0.2, 0) is 16.1 Å². The number of hydrogen-bond acceptors (Lipinski definition) is 4. The minimum Gasteiger partial charge on any atom is -0.381 e. The van der Waals surface area contributed by atoms with Crippen LogP contribution < -0.4 is 16.6 Å². The van der Waals surface area contributed by atoms with Gasteiger partial charge in [0, 0.05) is 19.1 Å². The maximum Gasteiger partial charge on any atom is 0.329 e. The first kappa shape index (κ1) is 14.5. The summed E-state index contributed by atoms with van der Waals surface area (Å²) in [5, 5.41) is 3.20. The number of nitrogens with one attached hydrogen (secondary N) is 2. The number of carbonyl (C=O) groups excluding carboxylic acids is 1. The third-order valence-electron chi connectivity index (χ3n) is 3.82. The van der Waals surface area contributed by atoms with Crippen molar-refractivity contribution >= 4 is 16.8 Å². The van der Waals surface area contributed by atoms with Gasteiger partial charge in [-0.1, -0.05) is 12.1 Å². The van der Waals surface area contributed by atoms with Crippen molar-refractivity contribution in [3.8, 4) is 0 Å². The second kappa shape index (κ2) is 6.15. The van der Waals surface area contributed by atoms with E-state index in [-0.39, 0.29) is 12.5 Å². The van der Waals surface area contributed by atoms with E-state index in [4.69, 9.17) is 4.74 Å². The minimum atomic E-state index is -0.581. The molecule has 1 amide bonds. The van der Waals surface area contributed by atoms with E-state index in [1.54, 1.807) is 24.3 Å². The number of benzene rings is 1. The van der Waals surface area contributed by atoms with Crippen molar-refractivity contribution in [3.63, 3.8) is 0 Å². The van der Waals surface area contributed by atoms with Crippen LogP contribution >= 0.6 is 0 Å². The molecular weight excluding hydrogens is 286 g/mol. The van der Waals surface area contributed by atoms with E-state index in [1.807, 2.05) is 0 Å². The van der Waals surface area contributed by atoms with Crippen molar-refractivity contribution in [2.24, 2.45) is 5.92 Å². The Morgan fingerprint density at radius 1 is 1.36 bits per heavy atom. The first-order chi connectivity index (χ1) is 10.6. The molecule has 116 valence electrons. The minimum absolute atomic E-state index is 0.121. The molecule has 0 spiro atoms. The highest BCUT2D eigenvalue weighted by atomic mass is 16.5. The zero-order valence-electron chi connectivity index (χ0n) is 12.0. The number of carbonyl (C=O) groups is 1. The number of aromatic nitrogens is 2. The van der Waals surface area contributed by atoms with E-state index in [0.29, 0.717) is 30.0 Å². The van der Waals surface area contributed by atoms with Crippen LogP contribution in [0.15, 0.2) is 33.9 Å². The molecule has 0 aliphatic carbocycles. The van der Waals surface area contributed by atoms with Crippen LogP contribution in [0.3, 0.4) is 0 Å². The lowest BCUT2D eigenvalue weighted by molar-refractivity contribution is -0.121. The number of para-hydroxylation sites is 1. The lowest BCUT2D eigenvalue weighted by Gasteiger charge is -2.12. The van der Waals surface area contributed by atoms with Gasteiger partial charge in [0.2, 0.25) is 5.91 Å². The fourth-order valence-corrected chi connectivity index (χ4v) is 2.60. The number of H-pyrrole nitrogens is 1. The third-order valence-corrected chi connectivity index (χ3v) is 3.82. The summed E-state index contributed by atoms with van der Waals surface area (Å²) in [6.45, 7) is 1.80. The molecule has 1 aliphatic heterocycles. The maximum absolute atomic E-state index is 12.0. The predicted molar refractivity (Wildman–Crippen MR) is 80.8 cm³/mol. The molecule has 1 saturated heterocycles. The molecule has 0 radical (unpaired) electrons. The summed E-state index contributed by atoms with van der Waals surface area (Å²) in [6.07, 6.45) is 0.932. The average Bonchev–Trinajstić information content (AvgIpc) is 3.03. The normalized spacial score (nSPS) is 17.7. The summed E-state index contributed by atoms with van der Waals surface area (Å²) in [6, 6.07) is 6.72. The molecule has 1 aromatic heterocycles. The Balaban J connectivity index is 1.79. The molecule has 0 bridgehead atoms. The second-order valence-electron chi connectivity index (χ2n) is 5.40. The van der Waals surface area contributed by atoms with Crippen LogP contribution in [0.5, 0.6) is 0 Å². The molecule has 1 fully saturated rings. The van der Waals surface area contributed by atoms with E-state index in [2.05, 4.69) is 10.3 Å². The molecule has 1 aromatic carbocycles. The number of hydrogen-bond donors (Lipinski definition) is 2. The summed E-state index contributed by atoms with van der Waals surface area (Å²) >= 11 is 0. The summed E-state index contributed by atoms with van der Waals surface area (Å²) < 4.78 is 6.53. The number of aromatic amines is 1. The van der Waals surface area contributed by atoms with E-state index in [9.17, 15) is 14.4 Å². The van der Waals surface area contributed by atoms with Crippen LogP contribution in [0, 0.1) is 5.92 Å². The van der Waals surface area contributed by atoms with Crippen LogP contribution in [0.25, 0.3) is 10.9 Å². The van der Waals surface area contributed by atoms with Crippen molar-refractivity contribution in [2.45, 2.75) is 13.0 Å². The summed E-state index contributed by atoms with van der Waals surface area (Å²) in [5.41, 5.74) is -0.570. The predicted octanol–water partition coefficient (Wildman–Crippen LogP) is -0.158. The van der Waals surface area contributed by atoms with Crippen molar-refractivity contribution in [3.05, 3.63) is 45.1 Å². The van der Waals surface area contributed by atoms with Gasteiger partial charge in [-0.2, -0.15) is 0 Å². The molecular formula is C15H17N3O4. The SMILES string of the molecule is O=C(Cn1c(=O)[nH]c(=O)c2ccccc21)NCC1CCOC1. The fourth-order valence-electron chi connectivity index (χ4n) is 2.60. The Hall–Kier alpha value is -2.41. The number of nitrogens with zero attached hydrogens (tertiary/aromatic N) is 1. The molecule has 3 rings (SSSR count). The van der Waals surface area contributed by atoms with Gasteiger partial charge in [-0.15, -0.1) is 0 Å². The zero-order valence-corrected chi connectivity index (χ0v) is 12.0. The van der Waals surface area contributed by atoms with Crippen LogP contribution in [-0.4, -0.2) is 35.2 Å². The highest BCUT2D eigenvalue weighted by Crippen LogP contribution is 2.10. The molecule has 7 heteroatoms. The van der Waals surface area contributed by atoms with E-state index < -0.39 is 11.2 Å². The van der Waals surface area contributed by atoms with Crippen LogP contribution in [0.4, 0.5) is 0 Å². The molecule has 2 N–H and O–H groups in total. The third kappa shape index (κ3) is 2.94. The zero-order chi connectivity index (χ0) is 15.5. The van der Waals surface area contributed by atoms with Gasteiger partial charge in [0.05, 0.1) is 17.5 Å². The largest absolute Gasteiger partial charge is 0.381 e. The number of rotatable bonds is 4. The summed E-state index contributed by atoms with van der Waals surface area (Å²) in [7, 11) is 0. The quantitative estimate of drug-likeness (QED) is 0.821. The van der Waals surface area contributed by atoms with E-state index in [1.165, 1.54) is 4.57 Å². The molecule has 0 saturated carbocycles. The second-order valence-corrected chi connectivity index (χ2v) is 5.40. The van der Waals surface area contributed by atoms with Gasteiger partial charge in [0.15, 0.2) is 0 Å². The molecule has 22 heavy (non-hydrogen) atoms. The highest BCUT2D eigenvalue weighted by Gasteiger charge is 2.17. The Kier molecular flexibility index (Phi) is 4.06. The molecule has 7 nitrogen and oxygen atoms in total. The molecule has 1 unspecified atom stereocenters. The van der Waals surface area contributed by atoms with Gasteiger partial charge in [-0.3, -0.25) is 19.1 Å². The smallest absolute Gasteiger partial charge is 0.329 e. The Morgan fingerprint density at radius 3 is 2.95 bits per heavy atom.